The Morgan fingerprint density at radius 2 is 2.06 bits per heavy atom. The van der Waals surface area contributed by atoms with Crippen molar-refractivity contribution in [1.29, 1.82) is 0 Å². The van der Waals surface area contributed by atoms with Crippen molar-refractivity contribution in [2.75, 3.05) is 19.7 Å². The molecule has 2 atom stereocenters. The van der Waals surface area contributed by atoms with Crippen molar-refractivity contribution in [2.24, 2.45) is 0 Å². The molecule has 0 spiro atoms. The lowest BCUT2D eigenvalue weighted by molar-refractivity contribution is -0.0805. The third-order valence-corrected chi connectivity index (χ3v) is 3.98. The summed E-state index contributed by atoms with van der Waals surface area (Å²) in [4.78, 5) is 2.67. The molecule has 0 aromatic rings. The number of nitrogens with zero attached hydrogens (tertiary/aromatic N) is 1. The van der Waals surface area contributed by atoms with E-state index >= 15 is 0 Å². The van der Waals surface area contributed by atoms with E-state index in [0.29, 0.717) is 12.1 Å². The van der Waals surface area contributed by atoms with Crippen LogP contribution in [-0.2, 0) is 4.74 Å². The van der Waals surface area contributed by atoms with Crippen LogP contribution in [0.4, 0.5) is 0 Å². The van der Waals surface area contributed by atoms with E-state index in [9.17, 15) is 0 Å². The molecule has 17 heavy (non-hydrogen) atoms. The van der Waals surface area contributed by atoms with Crippen molar-refractivity contribution in [2.45, 2.75) is 70.7 Å². The van der Waals surface area contributed by atoms with Crippen molar-refractivity contribution < 1.29 is 4.74 Å². The lowest BCUT2D eigenvalue weighted by Crippen LogP contribution is -2.46. The summed E-state index contributed by atoms with van der Waals surface area (Å²) < 4.78 is 5.80. The Kier molecular flexibility index (Phi) is 4.11. The molecule has 100 valence electrons. The van der Waals surface area contributed by atoms with E-state index in [1.54, 1.807) is 0 Å². The standard InChI is InChI=1S/C14H28N2O/c1-11(2)15-12-5-7-16(10-12)13-6-8-17-14(3,4)9-13/h11-13,15H,5-10H2,1-4H3/t12-,13?/m1/s1. The van der Waals surface area contributed by atoms with Crippen LogP contribution in [0.5, 0.6) is 0 Å². The van der Waals surface area contributed by atoms with E-state index in [4.69, 9.17) is 4.74 Å². The molecule has 2 aliphatic heterocycles. The predicted molar refractivity (Wildman–Crippen MR) is 71.3 cm³/mol. The van der Waals surface area contributed by atoms with Gasteiger partial charge in [0.1, 0.15) is 0 Å². The van der Waals surface area contributed by atoms with Gasteiger partial charge in [0.15, 0.2) is 0 Å². The fourth-order valence-electron chi connectivity index (χ4n) is 3.24. The molecule has 3 nitrogen and oxygen atoms in total. The Balaban J connectivity index is 1.83. The largest absolute Gasteiger partial charge is 0.375 e. The molecular formula is C14H28N2O. The molecule has 0 amide bonds. The summed E-state index contributed by atoms with van der Waals surface area (Å²) in [7, 11) is 0. The van der Waals surface area contributed by atoms with Crippen LogP contribution in [0.25, 0.3) is 0 Å². The van der Waals surface area contributed by atoms with E-state index in [1.165, 1.54) is 32.4 Å². The third-order valence-electron chi connectivity index (χ3n) is 3.98. The first-order valence-electron chi connectivity index (χ1n) is 7.10. The van der Waals surface area contributed by atoms with Crippen LogP contribution in [0.15, 0.2) is 0 Å². The van der Waals surface area contributed by atoms with Crippen molar-refractivity contribution in [3.8, 4) is 0 Å². The van der Waals surface area contributed by atoms with Crippen molar-refractivity contribution >= 4 is 0 Å². The van der Waals surface area contributed by atoms with Gasteiger partial charge in [0.2, 0.25) is 0 Å². The number of hydrogen-bond acceptors (Lipinski definition) is 3. The summed E-state index contributed by atoms with van der Waals surface area (Å²) in [6, 6.07) is 2.03. The van der Waals surface area contributed by atoms with Crippen LogP contribution in [0.2, 0.25) is 0 Å². The van der Waals surface area contributed by atoms with Gasteiger partial charge in [-0.2, -0.15) is 0 Å². The van der Waals surface area contributed by atoms with Gasteiger partial charge in [-0.05, 0) is 33.1 Å². The lowest BCUT2D eigenvalue weighted by atomic mass is 9.93. The summed E-state index contributed by atoms with van der Waals surface area (Å²) >= 11 is 0. The third kappa shape index (κ3) is 3.67. The molecule has 1 N–H and O–H groups in total. The first-order chi connectivity index (χ1) is 7.96. The molecule has 2 rings (SSSR count). The van der Waals surface area contributed by atoms with Crippen LogP contribution in [0.3, 0.4) is 0 Å². The molecule has 1 unspecified atom stereocenters. The maximum atomic E-state index is 5.80. The highest BCUT2D eigenvalue weighted by Gasteiger charge is 2.35. The highest BCUT2D eigenvalue weighted by Crippen LogP contribution is 2.29. The molecule has 2 fully saturated rings. The molecule has 0 radical (unpaired) electrons. The van der Waals surface area contributed by atoms with Crippen LogP contribution < -0.4 is 5.32 Å². The van der Waals surface area contributed by atoms with E-state index in [2.05, 4.69) is 37.9 Å². The number of rotatable bonds is 3. The lowest BCUT2D eigenvalue weighted by Gasteiger charge is -2.40. The molecule has 0 aromatic carbocycles. The van der Waals surface area contributed by atoms with Gasteiger partial charge in [0, 0.05) is 37.8 Å². The van der Waals surface area contributed by atoms with Crippen molar-refractivity contribution in [3.05, 3.63) is 0 Å². The Bertz CT molecular complexity index is 253. The Morgan fingerprint density at radius 3 is 2.71 bits per heavy atom. The fraction of sp³-hybridized carbons (Fsp3) is 1.00. The Labute approximate surface area is 106 Å². The maximum Gasteiger partial charge on any atom is 0.0641 e. The number of ether oxygens (including phenoxy) is 1. The SMILES string of the molecule is CC(C)N[C@@H]1CCN(C2CCOC(C)(C)C2)C1. The smallest absolute Gasteiger partial charge is 0.0641 e. The number of hydrogen-bond donors (Lipinski definition) is 1. The van der Waals surface area contributed by atoms with Gasteiger partial charge < -0.3 is 10.1 Å². The van der Waals surface area contributed by atoms with Gasteiger partial charge in [-0.25, -0.2) is 0 Å². The monoisotopic (exact) mass is 240 g/mol. The van der Waals surface area contributed by atoms with Gasteiger partial charge >= 0.3 is 0 Å². The molecule has 0 aliphatic carbocycles. The van der Waals surface area contributed by atoms with Gasteiger partial charge in [-0.15, -0.1) is 0 Å². The molecule has 2 aliphatic rings. The molecule has 0 saturated carbocycles. The fourth-order valence-corrected chi connectivity index (χ4v) is 3.24. The maximum absolute atomic E-state index is 5.80. The molecule has 2 heterocycles. The first-order valence-corrected chi connectivity index (χ1v) is 7.10. The minimum atomic E-state index is 0.0759. The first kappa shape index (κ1) is 13.3. The quantitative estimate of drug-likeness (QED) is 0.817. The van der Waals surface area contributed by atoms with Gasteiger partial charge in [-0.3, -0.25) is 4.90 Å². The van der Waals surface area contributed by atoms with Gasteiger partial charge in [0.05, 0.1) is 5.60 Å². The second-order valence-electron chi connectivity index (χ2n) is 6.56. The summed E-state index contributed by atoms with van der Waals surface area (Å²) in [5.74, 6) is 0. The van der Waals surface area contributed by atoms with Crippen LogP contribution in [0, 0.1) is 0 Å². The molecule has 0 bridgehead atoms. The van der Waals surface area contributed by atoms with Crippen LogP contribution in [0.1, 0.15) is 47.0 Å². The minimum absolute atomic E-state index is 0.0759. The van der Waals surface area contributed by atoms with Crippen LogP contribution in [-0.4, -0.2) is 48.3 Å². The van der Waals surface area contributed by atoms with Gasteiger partial charge in [-0.1, -0.05) is 13.8 Å². The molecular weight excluding hydrogens is 212 g/mol. The zero-order valence-corrected chi connectivity index (χ0v) is 11.8. The minimum Gasteiger partial charge on any atom is -0.375 e. The number of likely N-dealkylation sites (tertiary alicyclic amines) is 1. The normalized spacial score (nSPS) is 34.4. The second-order valence-corrected chi connectivity index (χ2v) is 6.56. The Hall–Kier alpha value is -0.120. The van der Waals surface area contributed by atoms with E-state index in [0.717, 1.165) is 12.6 Å². The summed E-state index contributed by atoms with van der Waals surface area (Å²) in [5, 5.41) is 3.66. The summed E-state index contributed by atoms with van der Waals surface area (Å²) in [6.07, 6.45) is 3.69. The van der Waals surface area contributed by atoms with E-state index in [1.807, 2.05) is 0 Å². The van der Waals surface area contributed by atoms with E-state index < -0.39 is 0 Å². The second kappa shape index (κ2) is 5.25. The van der Waals surface area contributed by atoms with Crippen LogP contribution >= 0.6 is 0 Å². The molecule has 2 saturated heterocycles. The topological polar surface area (TPSA) is 24.5 Å². The molecule has 0 aromatic heterocycles. The van der Waals surface area contributed by atoms with Gasteiger partial charge in [0.25, 0.3) is 0 Å². The number of nitrogens with one attached hydrogen (secondary N) is 1. The summed E-state index contributed by atoms with van der Waals surface area (Å²) in [6.45, 7) is 12.3. The molecule has 3 heteroatoms. The van der Waals surface area contributed by atoms with E-state index in [-0.39, 0.29) is 5.60 Å². The average Bonchev–Trinajstić information content (AvgIpc) is 2.63. The van der Waals surface area contributed by atoms with Crippen molar-refractivity contribution in [1.82, 2.24) is 10.2 Å². The highest BCUT2D eigenvalue weighted by molar-refractivity contribution is 4.90. The zero-order valence-electron chi connectivity index (χ0n) is 11.8. The Morgan fingerprint density at radius 1 is 1.29 bits per heavy atom. The predicted octanol–water partition coefficient (Wildman–Crippen LogP) is 2.02. The summed E-state index contributed by atoms with van der Waals surface area (Å²) in [5.41, 5.74) is 0.0759. The van der Waals surface area contributed by atoms with Crippen molar-refractivity contribution in [3.63, 3.8) is 0 Å². The highest BCUT2D eigenvalue weighted by atomic mass is 16.5. The zero-order chi connectivity index (χ0) is 12.5. The average molecular weight is 240 g/mol.